The number of anilines is 1. The Morgan fingerprint density at radius 1 is 0.969 bits per heavy atom. The number of hydrogen-bond donors (Lipinski definition) is 0. The van der Waals surface area contributed by atoms with E-state index in [0.29, 0.717) is 32.5 Å². The van der Waals surface area contributed by atoms with Crippen molar-refractivity contribution in [2.45, 2.75) is 26.3 Å². The molecule has 0 spiro atoms. The van der Waals surface area contributed by atoms with Gasteiger partial charge in [0.15, 0.2) is 0 Å². The molecule has 0 radical (unpaired) electrons. The van der Waals surface area contributed by atoms with Gasteiger partial charge >= 0.3 is 0 Å². The van der Waals surface area contributed by atoms with Gasteiger partial charge in [0.25, 0.3) is 5.56 Å². The van der Waals surface area contributed by atoms with Crippen molar-refractivity contribution in [3.05, 3.63) is 81.6 Å². The lowest BCUT2D eigenvalue weighted by atomic mass is 10.1. The lowest BCUT2D eigenvalue weighted by Crippen LogP contribution is -2.48. The highest BCUT2D eigenvalue weighted by Crippen LogP contribution is 2.26. The van der Waals surface area contributed by atoms with Gasteiger partial charge in [-0.15, -0.1) is 0 Å². The van der Waals surface area contributed by atoms with Crippen LogP contribution in [0.25, 0.3) is 11.3 Å². The van der Waals surface area contributed by atoms with Gasteiger partial charge in [-0.05, 0) is 31.5 Å². The molecule has 1 aromatic heterocycles. The first-order valence-electron chi connectivity index (χ1n) is 10.9. The summed E-state index contributed by atoms with van der Waals surface area (Å²) < 4.78 is 1.46. The van der Waals surface area contributed by atoms with Gasteiger partial charge in [-0.2, -0.15) is 5.10 Å². The molecule has 1 saturated heterocycles. The molecule has 2 heterocycles. The molecular weight excluding hydrogens is 424 g/mol. The summed E-state index contributed by atoms with van der Waals surface area (Å²) in [6.07, 6.45) is 0.975. The minimum Gasteiger partial charge on any atom is -0.367 e. The molecule has 0 unspecified atom stereocenters. The molecule has 1 amide bonds. The predicted octanol–water partition coefficient (Wildman–Crippen LogP) is 4.00. The molecule has 6 nitrogen and oxygen atoms in total. The molecule has 0 atom stereocenters. The Bertz CT molecular complexity index is 1140. The zero-order chi connectivity index (χ0) is 22.5. The van der Waals surface area contributed by atoms with Crippen molar-refractivity contribution in [1.82, 2.24) is 14.7 Å². The van der Waals surface area contributed by atoms with E-state index in [2.05, 4.69) is 10.00 Å². The number of para-hydroxylation sites is 1. The Hall–Kier alpha value is -3.12. The van der Waals surface area contributed by atoms with Crippen molar-refractivity contribution >= 4 is 23.2 Å². The zero-order valence-electron chi connectivity index (χ0n) is 18.2. The standard InChI is InChI=1S/C25H27ClN4O2/c1-19-8-10-20(11-9-19)22-12-13-25(32)30(27-22)14-4-7-24(31)29-17-15-28(16-18-29)23-6-3-2-5-21(23)26/h2-3,5-6,8-13H,4,7,14-18H2,1H3. The first-order valence-corrected chi connectivity index (χ1v) is 11.3. The summed E-state index contributed by atoms with van der Waals surface area (Å²) in [4.78, 5) is 29.0. The van der Waals surface area contributed by atoms with Crippen LogP contribution in [0.4, 0.5) is 5.69 Å². The number of piperazine rings is 1. The molecule has 7 heteroatoms. The average molecular weight is 451 g/mol. The Balaban J connectivity index is 1.30. The molecule has 4 rings (SSSR count). The van der Waals surface area contributed by atoms with Crippen molar-refractivity contribution in [2.24, 2.45) is 0 Å². The molecule has 0 saturated carbocycles. The molecule has 32 heavy (non-hydrogen) atoms. The van der Waals surface area contributed by atoms with Crippen LogP contribution >= 0.6 is 11.6 Å². The number of benzene rings is 2. The smallest absolute Gasteiger partial charge is 0.266 e. The number of nitrogens with zero attached hydrogens (tertiary/aromatic N) is 4. The lowest BCUT2D eigenvalue weighted by molar-refractivity contribution is -0.131. The molecule has 0 bridgehead atoms. The van der Waals surface area contributed by atoms with Crippen LogP contribution in [0.1, 0.15) is 18.4 Å². The Labute approximate surface area is 193 Å². The average Bonchev–Trinajstić information content (AvgIpc) is 2.81. The van der Waals surface area contributed by atoms with E-state index in [1.165, 1.54) is 16.3 Å². The van der Waals surface area contributed by atoms with E-state index < -0.39 is 0 Å². The fourth-order valence-corrected chi connectivity index (χ4v) is 4.19. The van der Waals surface area contributed by atoms with Gasteiger partial charge in [0, 0.05) is 50.8 Å². The van der Waals surface area contributed by atoms with E-state index in [-0.39, 0.29) is 11.5 Å². The maximum atomic E-state index is 12.7. The van der Waals surface area contributed by atoms with Crippen LogP contribution in [0, 0.1) is 6.92 Å². The van der Waals surface area contributed by atoms with E-state index >= 15 is 0 Å². The van der Waals surface area contributed by atoms with Crippen molar-refractivity contribution in [2.75, 3.05) is 31.1 Å². The highest BCUT2D eigenvalue weighted by Gasteiger charge is 2.22. The second-order valence-electron chi connectivity index (χ2n) is 8.07. The molecular formula is C25H27ClN4O2. The number of carbonyl (C=O) groups excluding carboxylic acids is 1. The van der Waals surface area contributed by atoms with E-state index in [9.17, 15) is 9.59 Å². The summed E-state index contributed by atoms with van der Waals surface area (Å²) >= 11 is 6.30. The fraction of sp³-hybridized carbons (Fsp3) is 0.320. The molecule has 1 fully saturated rings. The molecule has 0 N–H and O–H groups in total. The van der Waals surface area contributed by atoms with Gasteiger partial charge in [0.2, 0.25) is 5.91 Å². The molecule has 166 valence electrons. The Kier molecular flexibility index (Phi) is 6.90. The van der Waals surface area contributed by atoms with Crippen LogP contribution in [0.5, 0.6) is 0 Å². The van der Waals surface area contributed by atoms with Gasteiger partial charge in [0.05, 0.1) is 16.4 Å². The third kappa shape index (κ3) is 5.19. The highest BCUT2D eigenvalue weighted by atomic mass is 35.5. The first kappa shape index (κ1) is 22.1. The van der Waals surface area contributed by atoms with Crippen molar-refractivity contribution in [3.63, 3.8) is 0 Å². The van der Waals surface area contributed by atoms with Crippen LogP contribution in [-0.4, -0.2) is 46.8 Å². The summed E-state index contributed by atoms with van der Waals surface area (Å²) in [5.74, 6) is 0.117. The topological polar surface area (TPSA) is 58.4 Å². The summed E-state index contributed by atoms with van der Waals surface area (Å²) in [5.41, 5.74) is 3.76. The maximum absolute atomic E-state index is 12.7. The number of halogens is 1. The summed E-state index contributed by atoms with van der Waals surface area (Å²) in [5, 5.41) is 5.23. The fourth-order valence-electron chi connectivity index (χ4n) is 3.93. The van der Waals surface area contributed by atoms with E-state index in [0.717, 1.165) is 35.1 Å². The normalized spacial score (nSPS) is 13.9. The van der Waals surface area contributed by atoms with Crippen LogP contribution in [0.2, 0.25) is 5.02 Å². The minimum atomic E-state index is -0.151. The largest absolute Gasteiger partial charge is 0.367 e. The van der Waals surface area contributed by atoms with Crippen LogP contribution in [0.3, 0.4) is 0 Å². The monoisotopic (exact) mass is 450 g/mol. The quantitative estimate of drug-likeness (QED) is 0.569. The third-order valence-electron chi connectivity index (χ3n) is 5.80. The Morgan fingerprint density at radius 3 is 2.41 bits per heavy atom. The van der Waals surface area contributed by atoms with Gasteiger partial charge in [-0.3, -0.25) is 9.59 Å². The predicted molar refractivity (Wildman–Crippen MR) is 128 cm³/mol. The van der Waals surface area contributed by atoms with Gasteiger partial charge in [-0.1, -0.05) is 53.6 Å². The van der Waals surface area contributed by atoms with Gasteiger partial charge in [-0.25, -0.2) is 4.68 Å². The maximum Gasteiger partial charge on any atom is 0.266 e. The lowest BCUT2D eigenvalue weighted by Gasteiger charge is -2.36. The second-order valence-corrected chi connectivity index (χ2v) is 8.48. The third-order valence-corrected chi connectivity index (χ3v) is 6.12. The summed E-state index contributed by atoms with van der Waals surface area (Å²) in [6, 6.07) is 19.1. The van der Waals surface area contributed by atoms with Gasteiger partial charge < -0.3 is 9.80 Å². The van der Waals surface area contributed by atoms with E-state index in [1.54, 1.807) is 6.07 Å². The number of amides is 1. The van der Waals surface area contributed by atoms with Gasteiger partial charge in [0.1, 0.15) is 0 Å². The number of aryl methyl sites for hydroxylation is 2. The minimum absolute atomic E-state index is 0.117. The highest BCUT2D eigenvalue weighted by molar-refractivity contribution is 6.33. The number of carbonyl (C=O) groups is 1. The molecule has 1 aliphatic heterocycles. The number of aromatic nitrogens is 2. The van der Waals surface area contributed by atoms with Crippen molar-refractivity contribution in [3.8, 4) is 11.3 Å². The van der Waals surface area contributed by atoms with Crippen LogP contribution in [0.15, 0.2) is 65.5 Å². The number of hydrogen-bond acceptors (Lipinski definition) is 4. The van der Waals surface area contributed by atoms with Crippen molar-refractivity contribution < 1.29 is 4.79 Å². The summed E-state index contributed by atoms with van der Waals surface area (Å²) in [6.45, 7) is 5.32. The van der Waals surface area contributed by atoms with E-state index in [4.69, 9.17) is 11.6 Å². The molecule has 0 aliphatic carbocycles. The molecule has 1 aliphatic rings. The number of rotatable bonds is 6. The van der Waals surface area contributed by atoms with Crippen LogP contribution in [-0.2, 0) is 11.3 Å². The Morgan fingerprint density at radius 2 is 1.69 bits per heavy atom. The second kappa shape index (κ2) is 10.0. The van der Waals surface area contributed by atoms with Crippen LogP contribution < -0.4 is 10.5 Å². The molecule has 3 aromatic rings. The van der Waals surface area contributed by atoms with Crippen molar-refractivity contribution in [1.29, 1.82) is 0 Å². The summed E-state index contributed by atoms with van der Waals surface area (Å²) in [7, 11) is 0. The SMILES string of the molecule is Cc1ccc(-c2ccc(=O)n(CCCC(=O)N3CCN(c4ccccc4Cl)CC3)n2)cc1. The first-order chi connectivity index (χ1) is 15.5. The molecule has 2 aromatic carbocycles. The van der Waals surface area contributed by atoms with E-state index in [1.807, 2.05) is 60.4 Å². The zero-order valence-corrected chi connectivity index (χ0v) is 19.0.